The van der Waals surface area contributed by atoms with Crippen LogP contribution in [0.3, 0.4) is 0 Å². The van der Waals surface area contributed by atoms with E-state index in [0.717, 1.165) is 12.1 Å². The first kappa shape index (κ1) is 13.7. The molecule has 0 spiro atoms. The Morgan fingerprint density at radius 2 is 2.24 bits per heavy atom. The van der Waals surface area contributed by atoms with E-state index >= 15 is 0 Å². The highest BCUT2D eigenvalue weighted by Gasteiger charge is 2.15. The molecular weight excluding hydrogens is 218 g/mol. The molecule has 0 unspecified atom stereocenters. The third-order valence-electron chi connectivity index (χ3n) is 2.01. The number of hydrogen-bond donors (Lipinski definition) is 1. The number of carbonyl (C=O) groups is 1. The second kappa shape index (κ2) is 5.82. The van der Waals surface area contributed by atoms with Crippen molar-refractivity contribution in [2.75, 3.05) is 6.54 Å². The molecule has 0 radical (unpaired) electrons. The van der Waals surface area contributed by atoms with Gasteiger partial charge in [-0.1, -0.05) is 0 Å². The lowest BCUT2D eigenvalue weighted by molar-refractivity contribution is -0.154. The van der Waals surface area contributed by atoms with Crippen molar-refractivity contribution in [2.24, 2.45) is 7.05 Å². The average molecular weight is 239 g/mol. The lowest BCUT2D eigenvalue weighted by Gasteiger charge is -2.19. The Labute approximate surface area is 102 Å². The van der Waals surface area contributed by atoms with Crippen LogP contribution in [0.2, 0.25) is 0 Å². The molecule has 1 rings (SSSR count). The van der Waals surface area contributed by atoms with Gasteiger partial charge in [0.25, 0.3) is 0 Å². The van der Waals surface area contributed by atoms with Crippen LogP contribution in [-0.4, -0.2) is 27.9 Å². The van der Waals surface area contributed by atoms with Crippen LogP contribution in [0.4, 0.5) is 0 Å². The van der Waals surface area contributed by atoms with Gasteiger partial charge in [0.15, 0.2) is 0 Å². The number of esters is 1. The minimum atomic E-state index is -0.402. The number of nitrogens with zero attached hydrogens (tertiary/aromatic N) is 2. The Balaban J connectivity index is 2.14. The molecule has 0 aliphatic carbocycles. The fourth-order valence-corrected chi connectivity index (χ4v) is 1.38. The number of nitrogens with one attached hydrogen (secondary N) is 1. The minimum absolute atomic E-state index is 0.170. The van der Waals surface area contributed by atoms with Gasteiger partial charge in [0.2, 0.25) is 0 Å². The van der Waals surface area contributed by atoms with Gasteiger partial charge in [0.05, 0.1) is 12.6 Å². The summed E-state index contributed by atoms with van der Waals surface area (Å²) in [7, 11) is 1.88. The predicted molar refractivity (Wildman–Crippen MR) is 65.4 cm³/mol. The fourth-order valence-electron chi connectivity index (χ4n) is 1.38. The molecule has 0 amide bonds. The summed E-state index contributed by atoms with van der Waals surface area (Å²) in [5.41, 5.74) is 0.706. The van der Waals surface area contributed by atoms with Crippen LogP contribution in [0.5, 0.6) is 0 Å². The third-order valence-corrected chi connectivity index (χ3v) is 2.01. The van der Waals surface area contributed by atoms with Crippen molar-refractivity contribution in [2.45, 2.75) is 39.3 Å². The zero-order chi connectivity index (χ0) is 12.9. The van der Waals surface area contributed by atoms with E-state index in [1.54, 1.807) is 10.9 Å². The van der Waals surface area contributed by atoms with E-state index in [-0.39, 0.29) is 5.97 Å². The van der Waals surface area contributed by atoms with Gasteiger partial charge in [-0.15, -0.1) is 0 Å². The fraction of sp³-hybridized carbons (Fsp3) is 0.667. The molecule has 5 heteroatoms. The normalized spacial score (nSPS) is 11.5. The summed E-state index contributed by atoms with van der Waals surface area (Å²) < 4.78 is 6.95. The molecule has 1 N–H and O–H groups in total. The van der Waals surface area contributed by atoms with Crippen LogP contribution in [0, 0.1) is 0 Å². The molecule has 0 aliphatic heterocycles. The summed E-state index contributed by atoms with van der Waals surface area (Å²) >= 11 is 0. The molecule has 0 bridgehead atoms. The Bertz CT molecular complexity index is 366. The number of rotatable bonds is 5. The Hall–Kier alpha value is -1.36. The standard InChI is InChI=1S/C12H21N3O2/c1-12(2,3)17-11(16)5-6-13-7-10-8-14-15(4)9-10/h8-9,13H,5-7H2,1-4H3. The molecule has 0 saturated heterocycles. The van der Waals surface area contributed by atoms with Crippen LogP contribution in [0.15, 0.2) is 12.4 Å². The van der Waals surface area contributed by atoms with Crippen molar-refractivity contribution in [3.05, 3.63) is 18.0 Å². The van der Waals surface area contributed by atoms with Gasteiger partial charge < -0.3 is 10.1 Å². The monoisotopic (exact) mass is 239 g/mol. The maximum atomic E-state index is 11.4. The van der Waals surface area contributed by atoms with Gasteiger partial charge in [-0.25, -0.2) is 0 Å². The molecule has 1 aromatic rings. The number of aromatic nitrogens is 2. The lowest BCUT2D eigenvalue weighted by atomic mass is 10.2. The SMILES string of the molecule is Cn1cc(CNCCC(=O)OC(C)(C)C)cn1. The van der Waals surface area contributed by atoms with E-state index in [1.807, 2.05) is 34.0 Å². The largest absolute Gasteiger partial charge is 0.460 e. The molecule has 1 heterocycles. The van der Waals surface area contributed by atoms with Gasteiger partial charge in [-0.3, -0.25) is 9.48 Å². The summed E-state index contributed by atoms with van der Waals surface area (Å²) in [6.07, 6.45) is 4.14. The van der Waals surface area contributed by atoms with E-state index in [9.17, 15) is 4.79 Å². The average Bonchev–Trinajstić information content (AvgIpc) is 2.56. The highest BCUT2D eigenvalue weighted by molar-refractivity contribution is 5.70. The maximum Gasteiger partial charge on any atom is 0.307 e. The van der Waals surface area contributed by atoms with Crippen molar-refractivity contribution < 1.29 is 9.53 Å². The summed E-state index contributed by atoms with van der Waals surface area (Å²) in [4.78, 5) is 11.4. The van der Waals surface area contributed by atoms with Crippen molar-refractivity contribution in [1.29, 1.82) is 0 Å². The molecule has 1 aromatic heterocycles. The van der Waals surface area contributed by atoms with Gasteiger partial charge >= 0.3 is 5.97 Å². The molecule has 0 aromatic carbocycles. The van der Waals surface area contributed by atoms with Gasteiger partial charge in [0.1, 0.15) is 5.60 Å². The highest BCUT2D eigenvalue weighted by Crippen LogP contribution is 2.07. The van der Waals surface area contributed by atoms with Crippen molar-refractivity contribution in [3.8, 4) is 0 Å². The topological polar surface area (TPSA) is 56.2 Å². The van der Waals surface area contributed by atoms with E-state index in [1.165, 1.54) is 0 Å². The molecule has 0 fully saturated rings. The quantitative estimate of drug-likeness (QED) is 0.620. The number of ether oxygens (including phenoxy) is 1. The molecule has 5 nitrogen and oxygen atoms in total. The van der Waals surface area contributed by atoms with E-state index < -0.39 is 5.60 Å². The van der Waals surface area contributed by atoms with Gasteiger partial charge in [-0.2, -0.15) is 5.10 Å². The van der Waals surface area contributed by atoms with Crippen molar-refractivity contribution >= 4 is 5.97 Å². The van der Waals surface area contributed by atoms with Crippen molar-refractivity contribution in [1.82, 2.24) is 15.1 Å². The van der Waals surface area contributed by atoms with Crippen LogP contribution in [-0.2, 0) is 23.1 Å². The molecular formula is C12H21N3O2. The summed E-state index contributed by atoms with van der Waals surface area (Å²) in [5, 5.41) is 7.24. The lowest BCUT2D eigenvalue weighted by Crippen LogP contribution is -2.26. The molecule has 96 valence electrons. The Morgan fingerprint density at radius 3 is 2.76 bits per heavy atom. The number of carbonyl (C=O) groups excluding carboxylic acids is 1. The van der Waals surface area contributed by atoms with Crippen LogP contribution >= 0.6 is 0 Å². The summed E-state index contributed by atoms with van der Waals surface area (Å²) in [6, 6.07) is 0. The van der Waals surface area contributed by atoms with E-state index in [4.69, 9.17) is 4.74 Å². The van der Waals surface area contributed by atoms with Gasteiger partial charge in [0, 0.05) is 31.9 Å². The molecule has 0 aliphatic rings. The minimum Gasteiger partial charge on any atom is -0.460 e. The first-order chi connectivity index (χ1) is 7.87. The highest BCUT2D eigenvalue weighted by atomic mass is 16.6. The Kier molecular flexibility index (Phi) is 4.69. The molecule has 0 saturated carbocycles. The van der Waals surface area contributed by atoms with E-state index in [0.29, 0.717) is 13.0 Å². The summed E-state index contributed by atoms with van der Waals surface area (Å²) in [6.45, 7) is 6.94. The summed E-state index contributed by atoms with van der Waals surface area (Å²) in [5.74, 6) is -0.170. The zero-order valence-corrected chi connectivity index (χ0v) is 11.0. The van der Waals surface area contributed by atoms with Gasteiger partial charge in [-0.05, 0) is 20.8 Å². The first-order valence-corrected chi connectivity index (χ1v) is 5.77. The zero-order valence-electron chi connectivity index (χ0n) is 11.0. The Morgan fingerprint density at radius 1 is 1.53 bits per heavy atom. The first-order valence-electron chi connectivity index (χ1n) is 5.77. The molecule has 0 atom stereocenters. The molecule has 17 heavy (non-hydrogen) atoms. The second-order valence-electron chi connectivity index (χ2n) is 5.04. The number of hydrogen-bond acceptors (Lipinski definition) is 4. The second-order valence-corrected chi connectivity index (χ2v) is 5.04. The smallest absolute Gasteiger partial charge is 0.307 e. The third kappa shape index (κ3) is 6.06. The maximum absolute atomic E-state index is 11.4. The predicted octanol–water partition coefficient (Wildman–Crippen LogP) is 1.24. The van der Waals surface area contributed by atoms with Crippen LogP contribution in [0.1, 0.15) is 32.8 Å². The van der Waals surface area contributed by atoms with E-state index in [2.05, 4.69) is 10.4 Å². The van der Waals surface area contributed by atoms with Crippen LogP contribution < -0.4 is 5.32 Å². The number of aryl methyl sites for hydroxylation is 1. The van der Waals surface area contributed by atoms with Crippen LogP contribution in [0.25, 0.3) is 0 Å². The van der Waals surface area contributed by atoms with Crippen molar-refractivity contribution in [3.63, 3.8) is 0 Å².